The number of carbonyl (C=O) groups is 2. The maximum atomic E-state index is 12.8. The summed E-state index contributed by atoms with van der Waals surface area (Å²) in [6.45, 7) is 3.62. The number of carbonyl (C=O) groups excluding carboxylic acids is 2. The molecule has 0 radical (unpaired) electrons. The smallest absolute Gasteiger partial charge is 0.269 e. The van der Waals surface area contributed by atoms with E-state index in [1.165, 1.54) is 24.3 Å². The van der Waals surface area contributed by atoms with Gasteiger partial charge in [0.2, 0.25) is 11.8 Å². The molecule has 3 aliphatic rings. The van der Waals surface area contributed by atoms with Crippen LogP contribution in [0.4, 0.5) is 11.4 Å². The number of amides is 2. The van der Waals surface area contributed by atoms with E-state index in [1.54, 1.807) is 0 Å². The number of hydrogen-bond acceptors (Lipinski definition) is 5. The second-order valence-corrected chi connectivity index (χ2v) is 6.54. The maximum absolute atomic E-state index is 12.8. The van der Waals surface area contributed by atoms with Gasteiger partial charge in [-0.1, -0.05) is 12.2 Å². The van der Waals surface area contributed by atoms with Crippen molar-refractivity contribution in [1.82, 2.24) is 0 Å². The Morgan fingerprint density at radius 3 is 1.96 bits per heavy atom. The first kappa shape index (κ1) is 14.1. The third kappa shape index (κ3) is 1.62. The lowest BCUT2D eigenvalue weighted by molar-refractivity contribution is -0.384. The van der Waals surface area contributed by atoms with Crippen LogP contribution in [0.2, 0.25) is 0 Å². The second-order valence-electron chi connectivity index (χ2n) is 6.54. The largest absolute Gasteiger partial charge is 0.359 e. The topological polar surface area (TPSA) is 89.8 Å². The first-order valence-electron chi connectivity index (χ1n) is 7.30. The maximum Gasteiger partial charge on any atom is 0.269 e. The summed E-state index contributed by atoms with van der Waals surface area (Å²) in [5.41, 5.74) is -1.28. The Bertz CT molecular complexity index is 750. The Hall–Kier alpha value is -2.54. The Balaban J connectivity index is 1.75. The van der Waals surface area contributed by atoms with Crippen molar-refractivity contribution in [2.24, 2.45) is 11.8 Å². The number of rotatable bonds is 2. The zero-order chi connectivity index (χ0) is 16.6. The predicted molar refractivity (Wildman–Crippen MR) is 79.6 cm³/mol. The Labute approximate surface area is 131 Å². The van der Waals surface area contributed by atoms with E-state index in [1.807, 2.05) is 26.0 Å². The number of nitro groups is 1. The number of nitrogens with zero attached hydrogens (tertiary/aromatic N) is 2. The first-order valence-corrected chi connectivity index (χ1v) is 7.30. The fraction of sp³-hybridized carbons (Fsp3) is 0.375. The molecule has 2 fully saturated rings. The molecule has 0 aliphatic carbocycles. The highest BCUT2D eigenvalue weighted by Gasteiger charge is 2.70. The van der Waals surface area contributed by atoms with Crippen molar-refractivity contribution in [3.05, 3.63) is 46.5 Å². The molecule has 2 bridgehead atoms. The molecule has 2 saturated heterocycles. The fourth-order valence-corrected chi connectivity index (χ4v) is 4.01. The summed E-state index contributed by atoms with van der Waals surface area (Å²) in [5, 5.41) is 10.7. The molecule has 7 heteroatoms. The van der Waals surface area contributed by atoms with Gasteiger partial charge in [-0.3, -0.25) is 19.7 Å². The van der Waals surface area contributed by atoms with Crippen molar-refractivity contribution < 1.29 is 19.2 Å². The molecule has 23 heavy (non-hydrogen) atoms. The molecule has 3 heterocycles. The van der Waals surface area contributed by atoms with Crippen LogP contribution in [0.15, 0.2) is 36.4 Å². The molecule has 7 nitrogen and oxygen atoms in total. The van der Waals surface area contributed by atoms with Gasteiger partial charge in [-0.05, 0) is 26.0 Å². The van der Waals surface area contributed by atoms with E-state index < -0.39 is 28.0 Å². The summed E-state index contributed by atoms with van der Waals surface area (Å²) in [6.07, 6.45) is 3.69. The first-order chi connectivity index (χ1) is 10.8. The van der Waals surface area contributed by atoms with Crippen LogP contribution in [0.5, 0.6) is 0 Å². The summed E-state index contributed by atoms with van der Waals surface area (Å²) in [7, 11) is 0. The average Bonchev–Trinajstić information content (AvgIpc) is 3.04. The van der Waals surface area contributed by atoms with Gasteiger partial charge >= 0.3 is 0 Å². The number of fused-ring (bicyclic) bond motifs is 5. The summed E-state index contributed by atoms with van der Waals surface area (Å²) in [5.74, 6) is -1.74. The van der Waals surface area contributed by atoms with Crippen LogP contribution >= 0.6 is 0 Å². The van der Waals surface area contributed by atoms with Gasteiger partial charge in [0, 0.05) is 12.1 Å². The summed E-state index contributed by atoms with van der Waals surface area (Å²) >= 11 is 0. The molecule has 0 spiro atoms. The summed E-state index contributed by atoms with van der Waals surface area (Å²) < 4.78 is 5.92. The lowest BCUT2D eigenvalue weighted by Crippen LogP contribution is -2.39. The lowest BCUT2D eigenvalue weighted by atomic mass is 9.73. The van der Waals surface area contributed by atoms with Gasteiger partial charge in [0.15, 0.2) is 0 Å². The highest BCUT2D eigenvalue weighted by molar-refractivity contribution is 6.23. The van der Waals surface area contributed by atoms with E-state index >= 15 is 0 Å². The molecule has 4 rings (SSSR count). The quantitative estimate of drug-likeness (QED) is 0.359. The molecule has 4 atom stereocenters. The van der Waals surface area contributed by atoms with Crippen molar-refractivity contribution in [1.29, 1.82) is 0 Å². The zero-order valence-electron chi connectivity index (χ0n) is 12.6. The van der Waals surface area contributed by atoms with Gasteiger partial charge in [0.25, 0.3) is 5.69 Å². The van der Waals surface area contributed by atoms with Crippen LogP contribution in [0.1, 0.15) is 13.8 Å². The van der Waals surface area contributed by atoms with E-state index in [-0.39, 0.29) is 17.5 Å². The molecule has 0 saturated carbocycles. The summed E-state index contributed by atoms with van der Waals surface area (Å²) in [4.78, 5) is 37.0. The van der Waals surface area contributed by atoms with Gasteiger partial charge in [-0.2, -0.15) is 0 Å². The molecule has 0 unspecified atom stereocenters. The second kappa shape index (κ2) is 4.05. The zero-order valence-corrected chi connectivity index (χ0v) is 12.6. The molecular formula is C16H14N2O5. The number of ether oxygens (including phenoxy) is 1. The predicted octanol–water partition coefficient (Wildman–Crippen LogP) is 1.82. The molecule has 1 aromatic carbocycles. The van der Waals surface area contributed by atoms with Crippen molar-refractivity contribution in [3.63, 3.8) is 0 Å². The van der Waals surface area contributed by atoms with Crippen LogP contribution in [-0.2, 0) is 14.3 Å². The average molecular weight is 314 g/mol. The SMILES string of the molecule is C[C@]12C=C[C@](C)(O1)[C@@H]1C(=O)N(c3ccc([N+](=O)[O-])cc3)C(=O)[C@@H]12. The number of benzene rings is 1. The number of anilines is 1. The van der Waals surface area contributed by atoms with Crippen LogP contribution in [0.3, 0.4) is 0 Å². The van der Waals surface area contributed by atoms with E-state index in [9.17, 15) is 19.7 Å². The Kier molecular flexibility index (Phi) is 2.48. The lowest BCUT2D eigenvalue weighted by Gasteiger charge is -2.25. The molecule has 2 amide bonds. The fourth-order valence-electron chi connectivity index (χ4n) is 4.01. The van der Waals surface area contributed by atoms with Gasteiger partial charge in [-0.15, -0.1) is 0 Å². The highest BCUT2D eigenvalue weighted by Crippen LogP contribution is 2.57. The van der Waals surface area contributed by atoms with Crippen molar-refractivity contribution >= 4 is 23.2 Å². The third-order valence-electron chi connectivity index (χ3n) is 5.05. The van der Waals surface area contributed by atoms with E-state index in [0.717, 1.165) is 4.90 Å². The third-order valence-corrected chi connectivity index (χ3v) is 5.05. The van der Waals surface area contributed by atoms with Crippen LogP contribution in [-0.4, -0.2) is 27.9 Å². The Morgan fingerprint density at radius 1 is 1.04 bits per heavy atom. The van der Waals surface area contributed by atoms with Crippen LogP contribution in [0, 0.1) is 22.0 Å². The van der Waals surface area contributed by atoms with Gasteiger partial charge in [0.05, 0.1) is 33.6 Å². The molecular weight excluding hydrogens is 300 g/mol. The standard InChI is InChI=1S/C16H14N2O5/c1-15-7-8-16(2,23-15)12-11(15)13(19)17(14(12)20)9-3-5-10(6-4-9)18(21)22/h3-8,11-12H,1-2H3/t11-,12+,15-,16+. The van der Waals surface area contributed by atoms with Crippen LogP contribution in [0.25, 0.3) is 0 Å². The summed E-state index contributed by atoms with van der Waals surface area (Å²) in [6, 6.07) is 5.43. The van der Waals surface area contributed by atoms with Gasteiger partial charge in [0.1, 0.15) is 0 Å². The minimum absolute atomic E-state index is 0.0861. The Morgan fingerprint density at radius 2 is 1.52 bits per heavy atom. The van der Waals surface area contributed by atoms with E-state index in [4.69, 9.17) is 4.74 Å². The minimum Gasteiger partial charge on any atom is -0.359 e. The molecule has 118 valence electrons. The van der Waals surface area contributed by atoms with E-state index in [0.29, 0.717) is 5.69 Å². The number of imide groups is 1. The molecule has 3 aliphatic heterocycles. The highest BCUT2D eigenvalue weighted by atomic mass is 16.6. The monoisotopic (exact) mass is 314 g/mol. The van der Waals surface area contributed by atoms with E-state index in [2.05, 4.69) is 0 Å². The minimum atomic E-state index is -0.776. The molecule has 0 N–H and O–H groups in total. The van der Waals surface area contributed by atoms with Crippen molar-refractivity contribution in [3.8, 4) is 0 Å². The molecule has 0 aromatic heterocycles. The molecule has 1 aromatic rings. The normalized spacial score (nSPS) is 37.6. The number of nitro benzene ring substituents is 1. The van der Waals surface area contributed by atoms with Gasteiger partial charge < -0.3 is 4.74 Å². The number of hydrogen-bond donors (Lipinski definition) is 0. The van der Waals surface area contributed by atoms with Crippen LogP contribution < -0.4 is 4.90 Å². The van der Waals surface area contributed by atoms with Crippen molar-refractivity contribution in [2.45, 2.75) is 25.0 Å². The van der Waals surface area contributed by atoms with Gasteiger partial charge in [-0.25, -0.2) is 4.90 Å². The number of non-ortho nitro benzene ring substituents is 1. The van der Waals surface area contributed by atoms with Crippen molar-refractivity contribution in [2.75, 3.05) is 4.90 Å².